The Kier molecular flexibility index (Phi) is 7.19. The molecule has 5 heterocycles. The monoisotopic (exact) mass is 568 g/mol. The highest BCUT2D eigenvalue weighted by Crippen LogP contribution is 2.45. The van der Waals surface area contributed by atoms with Crippen LogP contribution in [0, 0.1) is 47.3 Å². The van der Waals surface area contributed by atoms with Gasteiger partial charge in [0.05, 0.1) is 55.4 Å². The van der Waals surface area contributed by atoms with Crippen molar-refractivity contribution < 1.29 is 5.11 Å². The van der Waals surface area contributed by atoms with E-state index in [1.165, 1.54) is 83.5 Å². The van der Waals surface area contributed by atoms with Gasteiger partial charge in [-0.25, -0.2) is 0 Å². The second kappa shape index (κ2) is 10.9. The van der Waals surface area contributed by atoms with Crippen molar-refractivity contribution in [3.8, 4) is 0 Å². The van der Waals surface area contributed by atoms with Gasteiger partial charge in [-0.3, -0.25) is 42.5 Å². The van der Waals surface area contributed by atoms with Gasteiger partial charge in [-0.1, -0.05) is 44.9 Å². The lowest BCUT2D eigenvalue weighted by molar-refractivity contribution is 0.0244. The van der Waals surface area contributed by atoms with Gasteiger partial charge in [0.1, 0.15) is 0 Å². The lowest BCUT2D eigenvalue weighted by Crippen LogP contribution is -2.62. The first-order valence-electron chi connectivity index (χ1n) is 18.0. The van der Waals surface area contributed by atoms with E-state index in [4.69, 9.17) is 0 Å². The van der Waals surface area contributed by atoms with Gasteiger partial charge in [-0.2, -0.15) is 0 Å². The molecule has 9 aliphatic rings. The number of fused-ring (bicyclic) bond motifs is 20. The fourth-order valence-corrected chi connectivity index (χ4v) is 12.0. The zero-order chi connectivity index (χ0) is 27.1. The summed E-state index contributed by atoms with van der Waals surface area (Å²) in [5, 5.41) is 44.6. The van der Waals surface area contributed by atoms with E-state index >= 15 is 0 Å². The lowest BCUT2D eigenvalue weighted by Gasteiger charge is -2.37. The third kappa shape index (κ3) is 4.59. The van der Waals surface area contributed by atoms with Crippen molar-refractivity contribution in [2.24, 2.45) is 47.3 Å². The predicted octanol–water partition coefficient (Wildman–Crippen LogP) is 1.58. The van der Waals surface area contributed by atoms with Crippen LogP contribution >= 0.6 is 0 Å². The van der Waals surface area contributed by atoms with Crippen LogP contribution in [0.1, 0.15) is 96.3 Å². The molecule has 0 aromatic rings. The van der Waals surface area contributed by atoms with Crippen molar-refractivity contribution in [1.82, 2.24) is 42.5 Å². The molecule has 9 rings (SSSR count). The highest BCUT2D eigenvalue weighted by Gasteiger charge is 2.55. The molecular weight excluding hydrogens is 512 g/mol. The maximum atomic E-state index is 11.4. The van der Waals surface area contributed by atoms with Crippen LogP contribution < -0.4 is 42.5 Å². The second-order valence-electron chi connectivity index (χ2n) is 15.7. The minimum Gasteiger partial charge on any atom is -0.393 e. The summed E-state index contributed by atoms with van der Waals surface area (Å²) >= 11 is 0. The van der Waals surface area contributed by atoms with Gasteiger partial charge in [0.2, 0.25) is 0 Å². The van der Waals surface area contributed by atoms with Gasteiger partial charge >= 0.3 is 0 Å². The summed E-state index contributed by atoms with van der Waals surface area (Å²) in [6, 6.07) is 0. The van der Waals surface area contributed by atoms with E-state index in [-0.39, 0.29) is 24.4 Å². The zero-order valence-corrected chi connectivity index (χ0v) is 24.9. The first-order valence-corrected chi connectivity index (χ1v) is 18.0. The van der Waals surface area contributed by atoms with Gasteiger partial charge in [0.15, 0.2) is 0 Å². The molecule has 9 heteroatoms. The Hall–Kier alpha value is -0.360. The molecule has 0 spiro atoms. The first-order chi connectivity index (χ1) is 20.2. The molecule has 0 aromatic carbocycles. The molecule has 5 aliphatic heterocycles. The summed E-state index contributed by atoms with van der Waals surface area (Å²) in [5.74, 6) is 4.87. The molecule has 0 amide bonds. The van der Waals surface area contributed by atoms with Crippen LogP contribution in [0.3, 0.4) is 0 Å². The number of hydrogen-bond donors (Lipinski definition) is 9. The number of rotatable bonds is 0. The van der Waals surface area contributed by atoms with E-state index in [2.05, 4.69) is 42.5 Å². The Balaban J connectivity index is 1.06. The van der Waals surface area contributed by atoms with Crippen LogP contribution in [0.4, 0.5) is 0 Å². The maximum Gasteiger partial charge on any atom is 0.0653 e. The van der Waals surface area contributed by atoms with Crippen LogP contribution in [0.25, 0.3) is 0 Å². The third-order valence-corrected chi connectivity index (χ3v) is 13.9. The third-order valence-electron chi connectivity index (χ3n) is 13.9. The lowest BCUT2D eigenvalue weighted by atomic mass is 9.75. The molecular formula is C32H56N8O. The van der Waals surface area contributed by atoms with Gasteiger partial charge in [0.25, 0.3) is 0 Å². The van der Waals surface area contributed by atoms with Crippen molar-refractivity contribution in [3.63, 3.8) is 0 Å². The minimum absolute atomic E-state index is 0.147. The summed E-state index contributed by atoms with van der Waals surface area (Å²) in [5.41, 5.74) is 0. The number of aliphatic hydroxyl groups is 1. The Morgan fingerprint density at radius 3 is 0.902 bits per heavy atom. The van der Waals surface area contributed by atoms with Crippen LogP contribution in [-0.4, -0.2) is 60.5 Å². The summed E-state index contributed by atoms with van der Waals surface area (Å²) < 4.78 is 0. The molecule has 4 aliphatic carbocycles. The average molecular weight is 569 g/mol. The average Bonchev–Trinajstić information content (AvgIpc) is 3.73. The van der Waals surface area contributed by atoms with E-state index in [9.17, 15) is 5.11 Å². The molecule has 0 radical (unpaired) electrons. The smallest absolute Gasteiger partial charge is 0.0653 e. The first kappa shape index (κ1) is 27.0. The molecule has 230 valence electrons. The Bertz CT molecular complexity index is 953. The molecule has 41 heavy (non-hydrogen) atoms. The second-order valence-corrected chi connectivity index (χ2v) is 15.7. The summed E-state index contributed by atoms with van der Waals surface area (Å²) in [6.45, 7) is 0. The standard InChI is InChI=1S/C32H56N8O/c41-23-15-7-14-22-24(23)32-39-30-21-13-6-5-12-20(21)28(37-30)35-26-17-9-2-1-8-16(17)25(33-26)34-27-18-10-3-4-11-19(18)29(36-27)38-31(22)40-32/h16-41H,1-15H2. The Morgan fingerprint density at radius 1 is 0.293 bits per heavy atom. The molecule has 9 nitrogen and oxygen atoms in total. The van der Waals surface area contributed by atoms with E-state index in [1.54, 1.807) is 0 Å². The van der Waals surface area contributed by atoms with Gasteiger partial charge in [-0.05, 0) is 92.8 Å². The normalized spacial score (nSPS) is 58.3. The molecule has 0 aromatic heterocycles. The van der Waals surface area contributed by atoms with Crippen molar-refractivity contribution in [2.45, 2.75) is 152 Å². The van der Waals surface area contributed by atoms with Crippen LogP contribution in [0.5, 0.6) is 0 Å². The van der Waals surface area contributed by atoms with Crippen LogP contribution in [0.15, 0.2) is 0 Å². The highest BCUT2D eigenvalue weighted by atomic mass is 16.3. The zero-order valence-electron chi connectivity index (χ0n) is 24.9. The van der Waals surface area contributed by atoms with Crippen molar-refractivity contribution in [2.75, 3.05) is 0 Å². The molecule has 8 bridgehead atoms. The molecule has 17 atom stereocenters. The van der Waals surface area contributed by atoms with Crippen molar-refractivity contribution in [1.29, 1.82) is 0 Å². The molecule has 4 saturated carbocycles. The number of aliphatic hydroxyl groups excluding tert-OH is 1. The van der Waals surface area contributed by atoms with Crippen LogP contribution in [-0.2, 0) is 0 Å². The topological polar surface area (TPSA) is 116 Å². The Morgan fingerprint density at radius 2 is 0.561 bits per heavy atom. The van der Waals surface area contributed by atoms with E-state index in [0.717, 1.165) is 12.8 Å². The van der Waals surface area contributed by atoms with Crippen molar-refractivity contribution in [3.05, 3.63) is 0 Å². The number of hydrogen-bond acceptors (Lipinski definition) is 9. The highest BCUT2D eigenvalue weighted by molar-refractivity contribution is 5.09. The van der Waals surface area contributed by atoms with E-state index in [1.807, 2.05) is 0 Å². The summed E-state index contributed by atoms with van der Waals surface area (Å²) in [6.07, 6.45) is 21.7. The van der Waals surface area contributed by atoms with Gasteiger partial charge < -0.3 is 5.11 Å². The summed E-state index contributed by atoms with van der Waals surface area (Å²) in [7, 11) is 0. The molecule has 9 fully saturated rings. The van der Waals surface area contributed by atoms with Gasteiger partial charge in [0, 0.05) is 5.92 Å². The molecule has 17 unspecified atom stereocenters. The van der Waals surface area contributed by atoms with E-state index in [0.29, 0.717) is 78.4 Å². The molecule has 9 N–H and O–H groups in total. The van der Waals surface area contributed by atoms with Crippen LogP contribution in [0.2, 0.25) is 0 Å². The maximum absolute atomic E-state index is 11.4. The quantitative estimate of drug-likeness (QED) is 0.215. The largest absolute Gasteiger partial charge is 0.393 e. The minimum atomic E-state index is -0.221. The Labute approximate surface area is 246 Å². The summed E-state index contributed by atoms with van der Waals surface area (Å²) in [4.78, 5) is 0. The SMILES string of the molecule is OC1CCCC2C3NC4NC(NC5NC(NC6NC(NC(N3)C12)C1CCCCC61)C1CCCCC51)C1CCCCC41. The van der Waals surface area contributed by atoms with E-state index < -0.39 is 0 Å². The number of nitrogens with one attached hydrogen (secondary N) is 8. The fraction of sp³-hybridized carbons (Fsp3) is 1.00. The van der Waals surface area contributed by atoms with Crippen molar-refractivity contribution >= 4 is 0 Å². The fourth-order valence-electron chi connectivity index (χ4n) is 12.0. The predicted molar refractivity (Wildman–Crippen MR) is 159 cm³/mol. The van der Waals surface area contributed by atoms with Gasteiger partial charge in [-0.15, -0.1) is 0 Å². The molecule has 5 saturated heterocycles.